The molecule has 108 valence electrons. The van der Waals surface area contributed by atoms with Gasteiger partial charge in [0.2, 0.25) is 0 Å². The molecule has 0 amide bonds. The molecule has 0 saturated carbocycles. The Morgan fingerprint density at radius 3 is 2.65 bits per heavy atom. The van der Waals surface area contributed by atoms with Gasteiger partial charge in [0.1, 0.15) is 0 Å². The predicted octanol–water partition coefficient (Wildman–Crippen LogP) is 2.30. The lowest BCUT2D eigenvalue weighted by atomic mass is 10.1. The van der Waals surface area contributed by atoms with E-state index in [1.807, 2.05) is 6.92 Å². The van der Waals surface area contributed by atoms with E-state index in [-0.39, 0.29) is 0 Å². The fraction of sp³-hybridized carbons (Fsp3) is 0.438. The quantitative estimate of drug-likeness (QED) is 0.877. The molecule has 0 radical (unpaired) electrons. The molecule has 1 aromatic carbocycles. The lowest BCUT2D eigenvalue weighted by molar-refractivity contribution is 0.307. The first-order valence-corrected chi connectivity index (χ1v) is 7.12. The number of hydrogen-bond acceptors (Lipinski definition) is 3. The number of hydrogen-bond donors (Lipinski definition) is 1. The van der Waals surface area contributed by atoms with Crippen LogP contribution in [0.15, 0.2) is 30.3 Å². The zero-order chi connectivity index (χ0) is 14.5. The summed E-state index contributed by atoms with van der Waals surface area (Å²) < 4.78 is 2.07. The van der Waals surface area contributed by atoms with Crippen LogP contribution in [0, 0.1) is 6.92 Å². The Labute approximate surface area is 121 Å². The molecule has 0 aliphatic rings. The van der Waals surface area contributed by atoms with Crippen molar-refractivity contribution >= 4 is 0 Å². The molecular formula is C16H24N4. The minimum atomic E-state index is 0.597. The molecule has 0 fully saturated rings. The van der Waals surface area contributed by atoms with Crippen LogP contribution in [-0.2, 0) is 26.2 Å². The lowest BCUT2D eigenvalue weighted by Gasteiger charge is -2.17. The van der Waals surface area contributed by atoms with Gasteiger partial charge in [-0.15, -0.1) is 0 Å². The predicted molar refractivity (Wildman–Crippen MR) is 82.1 cm³/mol. The van der Waals surface area contributed by atoms with Crippen molar-refractivity contribution in [3.63, 3.8) is 0 Å². The van der Waals surface area contributed by atoms with E-state index in [4.69, 9.17) is 5.73 Å². The van der Waals surface area contributed by atoms with E-state index < -0.39 is 0 Å². The summed E-state index contributed by atoms with van der Waals surface area (Å²) in [6.45, 7) is 7.50. The normalized spacial score (nSPS) is 11.2. The second-order valence-corrected chi connectivity index (χ2v) is 5.29. The summed E-state index contributed by atoms with van der Waals surface area (Å²) in [5.74, 6) is 0. The molecule has 2 aromatic rings. The fourth-order valence-electron chi connectivity index (χ4n) is 2.50. The van der Waals surface area contributed by atoms with Gasteiger partial charge in [0, 0.05) is 26.2 Å². The van der Waals surface area contributed by atoms with Crippen LogP contribution in [0.5, 0.6) is 0 Å². The van der Waals surface area contributed by atoms with Crippen LogP contribution in [0.25, 0.3) is 0 Å². The van der Waals surface area contributed by atoms with E-state index in [1.54, 1.807) is 0 Å². The number of aryl methyl sites for hydroxylation is 2. The fourth-order valence-corrected chi connectivity index (χ4v) is 2.50. The largest absolute Gasteiger partial charge is 0.326 e. The van der Waals surface area contributed by atoms with Crippen LogP contribution in [0.1, 0.15) is 29.4 Å². The van der Waals surface area contributed by atoms with Gasteiger partial charge in [0.05, 0.1) is 11.4 Å². The van der Waals surface area contributed by atoms with Crippen molar-refractivity contribution in [2.75, 3.05) is 7.05 Å². The molecule has 0 aliphatic heterocycles. The van der Waals surface area contributed by atoms with Crippen molar-refractivity contribution in [2.45, 2.75) is 40.0 Å². The first-order chi connectivity index (χ1) is 9.62. The summed E-state index contributed by atoms with van der Waals surface area (Å²) in [6, 6.07) is 10.6. The maximum Gasteiger partial charge on any atom is 0.0597 e. The minimum absolute atomic E-state index is 0.597. The third kappa shape index (κ3) is 3.68. The summed E-state index contributed by atoms with van der Waals surface area (Å²) in [5.41, 5.74) is 10.5. The van der Waals surface area contributed by atoms with Crippen LogP contribution in [0.3, 0.4) is 0 Å². The molecule has 0 atom stereocenters. The van der Waals surface area contributed by atoms with Crippen LogP contribution in [0.2, 0.25) is 0 Å². The molecule has 0 unspecified atom stereocenters. The zero-order valence-electron chi connectivity index (χ0n) is 12.6. The number of rotatable bonds is 6. The highest BCUT2D eigenvalue weighted by molar-refractivity contribution is 5.23. The number of nitrogens with zero attached hydrogens (tertiary/aromatic N) is 3. The summed E-state index contributed by atoms with van der Waals surface area (Å²) in [5, 5.41) is 4.49. The topological polar surface area (TPSA) is 47.1 Å². The van der Waals surface area contributed by atoms with Gasteiger partial charge in [0.15, 0.2) is 0 Å². The second-order valence-electron chi connectivity index (χ2n) is 5.29. The molecule has 0 saturated heterocycles. The van der Waals surface area contributed by atoms with Crippen LogP contribution in [0.4, 0.5) is 0 Å². The van der Waals surface area contributed by atoms with Crippen molar-refractivity contribution in [3.05, 3.63) is 52.8 Å². The monoisotopic (exact) mass is 272 g/mol. The Hall–Kier alpha value is -1.65. The highest BCUT2D eigenvalue weighted by Crippen LogP contribution is 2.11. The zero-order valence-corrected chi connectivity index (χ0v) is 12.6. The molecule has 2 N–H and O–H groups in total. The average molecular weight is 272 g/mol. The van der Waals surface area contributed by atoms with Crippen LogP contribution < -0.4 is 5.73 Å². The molecular weight excluding hydrogens is 248 g/mol. The standard InChI is InChI=1S/C16H24N4/c1-4-20-16(8-13(2)18-20)12-19(3)11-15-7-5-6-14(9-15)10-17/h5-9H,4,10-12,17H2,1-3H3. The van der Waals surface area contributed by atoms with Crippen LogP contribution in [-0.4, -0.2) is 21.7 Å². The van der Waals surface area contributed by atoms with Crippen LogP contribution >= 0.6 is 0 Å². The third-order valence-corrected chi connectivity index (χ3v) is 3.40. The molecule has 20 heavy (non-hydrogen) atoms. The highest BCUT2D eigenvalue weighted by Gasteiger charge is 2.08. The summed E-state index contributed by atoms with van der Waals surface area (Å²) >= 11 is 0. The lowest BCUT2D eigenvalue weighted by Crippen LogP contribution is -2.19. The summed E-state index contributed by atoms with van der Waals surface area (Å²) in [7, 11) is 2.14. The maximum atomic E-state index is 5.69. The van der Waals surface area contributed by atoms with Gasteiger partial charge in [-0.3, -0.25) is 9.58 Å². The first kappa shape index (κ1) is 14.8. The molecule has 1 aromatic heterocycles. The number of nitrogens with two attached hydrogens (primary N) is 1. The van der Waals surface area contributed by atoms with E-state index in [0.29, 0.717) is 6.54 Å². The van der Waals surface area contributed by atoms with E-state index in [1.165, 1.54) is 16.8 Å². The SMILES string of the molecule is CCn1nc(C)cc1CN(C)Cc1cccc(CN)c1. The first-order valence-electron chi connectivity index (χ1n) is 7.12. The molecule has 0 bridgehead atoms. The minimum Gasteiger partial charge on any atom is -0.326 e. The average Bonchev–Trinajstić information content (AvgIpc) is 2.78. The second kappa shape index (κ2) is 6.68. The van der Waals surface area contributed by atoms with Crippen molar-refractivity contribution in [1.29, 1.82) is 0 Å². The van der Waals surface area contributed by atoms with Crippen molar-refractivity contribution < 1.29 is 0 Å². The Balaban J connectivity index is 2.02. The third-order valence-electron chi connectivity index (χ3n) is 3.40. The summed E-state index contributed by atoms with van der Waals surface area (Å²) in [4.78, 5) is 2.30. The van der Waals surface area contributed by atoms with Gasteiger partial charge in [-0.1, -0.05) is 24.3 Å². The van der Waals surface area contributed by atoms with Gasteiger partial charge in [-0.05, 0) is 38.1 Å². The van der Waals surface area contributed by atoms with Gasteiger partial charge in [-0.25, -0.2) is 0 Å². The molecule has 0 aliphatic carbocycles. The maximum absolute atomic E-state index is 5.69. The van der Waals surface area contributed by atoms with Gasteiger partial charge >= 0.3 is 0 Å². The Kier molecular flexibility index (Phi) is 4.93. The number of aromatic nitrogens is 2. The molecule has 1 heterocycles. The van der Waals surface area contributed by atoms with E-state index in [0.717, 1.165) is 25.3 Å². The van der Waals surface area contributed by atoms with E-state index in [2.05, 4.69) is 59.0 Å². The smallest absolute Gasteiger partial charge is 0.0597 e. The van der Waals surface area contributed by atoms with E-state index in [9.17, 15) is 0 Å². The van der Waals surface area contributed by atoms with Gasteiger partial charge < -0.3 is 5.73 Å². The van der Waals surface area contributed by atoms with Gasteiger partial charge in [0.25, 0.3) is 0 Å². The number of benzene rings is 1. The highest BCUT2D eigenvalue weighted by atomic mass is 15.3. The molecule has 2 rings (SSSR count). The summed E-state index contributed by atoms with van der Waals surface area (Å²) in [6.07, 6.45) is 0. The van der Waals surface area contributed by atoms with E-state index >= 15 is 0 Å². The molecule has 4 heteroatoms. The Bertz CT molecular complexity index is 559. The molecule has 4 nitrogen and oxygen atoms in total. The molecule has 0 spiro atoms. The van der Waals surface area contributed by atoms with Crippen molar-refractivity contribution in [3.8, 4) is 0 Å². The Morgan fingerprint density at radius 1 is 1.20 bits per heavy atom. The van der Waals surface area contributed by atoms with Gasteiger partial charge in [-0.2, -0.15) is 5.10 Å². The van der Waals surface area contributed by atoms with Crippen molar-refractivity contribution in [1.82, 2.24) is 14.7 Å². The van der Waals surface area contributed by atoms with Crippen molar-refractivity contribution in [2.24, 2.45) is 5.73 Å². The Morgan fingerprint density at radius 2 is 1.95 bits per heavy atom.